The molecule has 0 radical (unpaired) electrons. The van der Waals surface area contributed by atoms with Crippen LogP contribution in [0.5, 0.6) is 0 Å². The molecular weight excluding hydrogens is 440 g/mol. The highest BCUT2D eigenvalue weighted by molar-refractivity contribution is 5.97. The lowest BCUT2D eigenvalue weighted by atomic mass is 9.88. The zero-order valence-corrected chi connectivity index (χ0v) is 19.5. The van der Waals surface area contributed by atoms with Gasteiger partial charge in [0.15, 0.2) is 0 Å². The fourth-order valence-corrected chi connectivity index (χ4v) is 4.61. The first-order valence-corrected chi connectivity index (χ1v) is 11.8. The van der Waals surface area contributed by atoms with Gasteiger partial charge in [-0.3, -0.25) is 19.9 Å². The molecule has 6 aromatic rings. The van der Waals surface area contributed by atoms with Gasteiger partial charge in [-0.25, -0.2) is 0 Å². The van der Waals surface area contributed by atoms with Crippen LogP contribution in [-0.2, 0) is 0 Å². The van der Waals surface area contributed by atoms with Gasteiger partial charge in [-0.15, -0.1) is 0 Å². The molecule has 0 bridgehead atoms. The van der Waals surface area contributed by atoms with Crippen LogP contribution in [0.25, 0.3) is 55.9 Å². The van der Waals surface area contributed by atoms with E-state index in [0.717, 1.165) is 55.9 Å². The number of hydrogen-bond donors (Lipinski definition) is 0. The van der Waals surface area contributed by atoms with E-state index in [9.17, 15) is 0 Å². The molecule has 0 unspecified atom stereocenters. The van der Waals surface area contributed by atoms with Crippen LogP contribution in [-0.4, -0.2) is 19.9 Å². The molecule has 0 atom stereocenters. The minimum Gasteiger partial charge on any atom is -0.264 e. The number of benzene rings is 2. The molecule has 0 fully saturated rings. The van der Waals surface area contributed by atoms with E-state index in [2.05, 4.69) is 68.5 Å². The highest BCUT2D eigenvalue weighted by atomic mass is 14.7. The van der Waals surface area contributed by atoms with Crippen LogP contribution in [0.15, 0.2) is 134 Å². The van der Waals surface area contributed by atoms with E-state index in [4.69, 9.17) is 0 Å². The molecule has 0 aliphatic heterocycles. The second kappa shape index (κ2) is 9.72. The predicted octanol–water partition coefficient (Wildman–Crippen LogP) is 7.60. The van der Waals surface area contributed by atoms with Gasteiger partial charge in [-0.2, -0.15) is 0 Å². The Kier molecular flexibility index (Phi) is 5.83. The molecule has 4 heteroatoms. The van der Waals surface area contributed by atoms with Crippen LogP contribution >= 0.6 is 0 Å². The van der Waals surface area contributed by atoms with Crippen molar-refractivity contribution in [3.05, 3.63) is 134 Å². The van der Waals surface area contributed by atoms with Crippen molar-refractivity contribution in [3.63, 3.8) is 0 Å². The van der Waals surface area contributed by atoms with Crippen LogP contribution in [0.2, 0.25) is 0 Å². The summed E-state index contributed by atoms with van der Waals surface area (Å²) in [5.74, 6) is 0. The van der Waals surface area contributed by atoms with Crippen LogP contribution < -0.4 is 0 Å². The summed E-state index contributed by atoms with van der Waals surface area (Å²) in [5.41, 5.74) is 10.4. The lowest BCUT2D eigenvalue weighted by molar-refractivity contribution is 1.30. The first kappa shape index (κ1) is 21.6. The van der Waals surface area contributed by atoms with Crippen molar-refractivity contribution in [2.24, 2.45) is 0 Å². The third-order valence-corrected chi connectivity index (χ3v) is 6.25. The van der Waals surface area contributed by atoms with Crippen molar-refractivity contribution >= 4 is 0 Å². The van der Waals surface area contributed by atoms with E-state index in [1.165, 1.54) is 0 Å². The maximum absolute atomic E-state index is 4.61. The number of nitrogens with zero attached hydrogens (tertiary/aromatic N) is 4. The fraction of sp³-hybridized carbons (Fsp3) is 0. The van der Waals surface area contributed by atoms with Crippen LogP contribution in [0.1, 0.15) is 0 Å². The van der Waals surface area contributed by atoms with E-state index in [0.29, 0.717) is 0 Å². The maximum atomic E-state index is 4.61. The third kappa shape index (κ3) is 4.05. The summed E-state index contributed by atoms with van der Waals surface area (Å²) in [5, 5.41) is 0. The Morgan fingerprint density at radius 2 is 0.694 bits per heavy atom. The summed E-state index contributed by atoms with van der Waals surface area (Å²) in [7, 11) is 0. The number of hydrogen-bond acceptors (Lipinski definition) is 4. The molecule has 0 amide bonds. The summed E-state index contributed by atoms with van der Waals surface area (Å²) in [4.78, 5) is 18.2. The molecule has 2 aromatic carbocycles. The molecular formula is C32H22N4. The van der Waals surface area contributed by atoms with Crippen molar-refractivity contribution in [1.29, 1.82) is 0 Å². The fourth-order valence-electron chi connectivity index (χ4n) is 4.61. The Morgan fingerprint density at radius 1 is 0.306 bits per heavy atom. The molecule has 0 aliphatic carbocycles. The van der Waals surface area contributed by atoms with Crippen LogP contribution in [0.3, 0.4) is 0 Å². The third-order valence-electron chi connectivity index (χ3n) is 6.25. The minimum atomic E-state index is 0.929. The first-order chi connectivity index (χ1) is 17.9. The highest BCUT2D eigenvalue weighted by Gasteiger charge is 2.18. The zero-order valence-electron chi connectivity index (χ0n) is 19.5. The van der Waals surface area contributed by atoms with Crippen molar-refractivity contribution in [3.8, 4) is 55.9 Å². The maximum Gasteiger partial charge on any atom is 0.0708 e. The van der Waals surface area contributed by atoms with Gasteiger partial charge in [-0.05, 0) is 58.7 Å². The average Bonchev–Trinajstić information content (AvgIpc) is 2.98. The monoisotopic (exact) mass is 462 g/mol. The SMILES string of the molecule is c1ccc(-c2ccccc2-c2cnccc2-c2ccncc2-c2ccccc2-c2ccccn2)nc1. The second-order valence-electron chi connectivity index (χ2n) is 8.36. The lowest BCUT2D eigenvalue weighted by Crippen LogP contribution is -1.95. The molecule has 36 heavy (non-hydrogen) atoms. The van der Waals surface area contributed by atoms with Gasteiger partial charge < -0.3 is 0 Å². The van der Waals surface area contributed by atoms with E-state index in [1.54, 1.807) is 0 Å². The largest absolute Gasteiger partial charge is 0.264 e. The average molecular weight is 463 g/mol. The van der Waals surface area contributed by atoms with Gasteiger partial charge in [0.25, 0.3) is 0 Å². The Bertz CT molecular complexity index is 1500. The Morgan fingerprint density at radius 3 is 1.11 bits per heavy atom. The number of pyridine rings is 4. The molecule has 0 saturated carbocycles. The van der Waals surface area contributed by atoms with Crippen LogP contribution in [0, 0.1) is 0 Å². The van der Waals surface area contributed by atoms with Gasteiger partial charge >= 0.3 is 0 Å². The van der Waals surface area contributed by atoms with Gasteiger partial charge in [0.05, 0.1) is 11.4 Å². The molecule has 4 heterocycles. The minimum absolute atomic E-state index is 0.929. The van der Waals surface area contributed by atoms with Crippen molar-refractivity contribution in [2.45, 2.75) is 0 Å². The smallest absolute Gasteiger partial charge is 0.0708 e. The number of aromatic nitrogens is 4. The second-order valence-corrected chi connectivity index (χ2v) is 8.36. The summed E-state index contributed by atoms with van der Waals surface area (Å²) >= 11 is 0. The van der Waals surface area contributed by atoms with E-state index < -0.39 is 0 Å². The molecule has 0 aliphatic rings. The standard InChI is InChI=1S/C32H22N4/c1-3-11-27(31-13-5-7-17-35-31)23(9-1)29-21-33-19-15-25(29)26-16-20-34-22-30(26)24-10-2-4-12-28(24)32-14-6-8-18-36-32/h1-22H. The van der Waals surface area contributed by atoms with Gasteiger partial charge in [0, 0.05) is 59.4 Å². The quantitative estimate of drug-likeness (QED) is 0.265. The van der Waals surface area contributed by atoms with Gasteiger partial charge in [0.2, 0.25) is 0 Å². The van der Waals surface area contributed by atoms with E-state index in [1.807, 2.05) is 85.7 Å². The lowest BCUT2D eigenvalue weighted by Gasteiger charge is -2.17. The zero-order chi connectivity index (χ0) is 24.2. The van der Waals surface area contributed by atoms with Crippen molar-refractivity contribution in [1.82, 2.24) is 19.9 Å². The van der Waals surface area contributed by atoms with Crippen molar-refractivity contribution < 1.29 is 0 Å². The Balaban J connectivity index is 1.56. The topological polar surface area (TPSA) is 51.6 Å². The molecule has 0 spiro atoms. The Labute approximate surface area is 210 Å². The number of rotatable bonds is 5. The summed E-state index contributed by atoms with van der Waals surface area (Å²) in [6.07, 6.45) is 11.2. The molecule has 0 saturated heterocycles. The summed E-state index contributed by atoms with van der Waals surface area (Å²) in [6.45, 7) is 0. The molecule has 4 aromatic heterocycles. The molecule has 170 valence electrons. The first-order valence-electron chi connectivity index (χ1n) is 11.8. The Hall–Kier alpha value is -4.96. The summed E-state index contributed by atoms with van der Waals surface area (Å²) < 4.78 is 0. The predicted molar refractivity (Wildman–Crippen MR) is 145 cm³/mol. The molecule has 0 N–H and O–H groups in total. The summed E-state index contributed by atoms with van der Waals surface area (Å²) in [6, 6.07) is 32.8. The van der Waals surface area contributed by atoms with E-state index in [-0.39, 0.29) is 0 Å². The van der Waals surface area contributed by atoms with Gasteiger partial charge in [0.1, 0.15) is 0 Å². The van der Waals surface area contributed by atoms with Crippen LogP contribution in [0.4, 0.5) is 0 Å². The molecule has 6 rings (SSSR count). The normalized spacial score (nSPS) is 10.8. The van der Waals surface area contributed by atoms with Crippen molar-refractivity contribution in [2.75, 3.05) is 0 Å². The van der Waals surface area contributed by atoms with Gasteiger partial charge in [-0.1, -0.05) is 60.7 Å². The molecule has 4 nitrogen and oxygen atoms in total. The highest BCUT2D eigenvalue weighted by Crippen LogP contribution is 2.42. The van der Waals surface area contributed by atoms with E-state index >= 15 is 0 Å².